The lowest BCUT2D eigenvalue weighted by Crippen LogP contribution is -2.39. The van der Waals surface area contributed by atoms with Crippen LogP contribution in [0.1, 0.15) is 29.0 Å². The third kappa shape index (κ3) is 4.26. The topological polar surface area (TPSA) is 58.7 Å². The number of thioether (sulfide) groups is 2. The molecular weight excluding hydrogens is 414 g/mol. The molecule has 5 nitrogen and oxygen atoms in total. The third-order valence-corrected chi connectivity index (χ3v) is 7.92. The summed E-state index contributed by atoms with van der Waals surface area (Å²) in [5.41, 5.74) is 1.78. The van der Waals surface area contributed by atoms with Crippen LogP contribution < -0.4 is 0 Å². The minimum atomic E-state index is -0.0181. The van der Waals surface area contributed by atoms with E-state index in [1.54, 1.807) is 13.0 Å². The van der Waals surface area contributed by atoms with Crippen molar-refractivity contribution in [2.45, 2.75) is 19.8 Å². The molecule has 0 aliphatic carbocycles. The minimum Gasteiger partial charge on any atom is -0.360 e. The van der Waals surface area contributed by atoms with E-state index < -0.39 is 0 Å². The Labute approximate surface area is 178 Å². The molecule has 1 fully saturated rings. The molecule has 2 aromatic rings. The molecule has 148 valence electrons. The van der Waals surface area contributed by atoms with E-state index in [1.165, 1.54) is 4.38 Å². The van der Waals surface area contributed by atoms with Crippen LogP contribution in [0.25, 0.3) is 11.3 Å². The quantitative estimate of drug-likeness (QED) is 0.676. The van der Waals surface area contributed by atoms with E-state index in [0.717, 1.165) is 49.5 Å². The molecule has 1 amide bonds. The van der Waals surface area contributed by atoms with Gasteiger partial charge in [0.25, 0.3) is 5.91 Å². The molecule has 2 aliphatic heterocycles. The second-order valence-corrected chi connectivity index (χ2v) is 9.74. The Hall–Kier alpha value is -1.44. The molecule has 28 heavy (non-hydrogen) atoms. The molecule has 0 spiro atoms. The van der Waals surface area contributed by atoms with E-state index in [1.807, 2.05) is 46.6 Å². The van der Waals surface area contributed by atoms with Gasteiger partial charge in [-0.1, -0.05) is 58.5 Å². The Balaban J connectivity index is 1.42. The van der Waals surface area contributed by atoms with Gasteiger partial charge in [0.1, 0.15) is 21.4 Å². The van der Waals surface area contributed by atoms with Crippen molar-refractivity contribution in [1.29, 1.82) is 0 Å². The number of carbonyl (C=O) groups is 1. The predicted octanol–water partition coefficient (Wildman–Crippen LogP) is 4.99. The third-order valence-electron chi connectivity index (χ3n) is 5.11. The van der Waals surface area contributed by atoms with Crippen LogP contribution in [0.5, 0.6) is 0 Å². The zero-order chi connectivity index (χ0) is 19.5. The number of likely N-dealkylation sites (tertiary alicyclic amines) is 1. The van der Waals surface area contributed by atoms with E-state index in [2.05, 4.69) is 10.1 Å². The average molecular weight is 436 g/mol. The van der Waals surface area contributed by atoms with E-state index in [4.69, 9.17) is 16.1 Å². The number of hydrogen-bond donors (Lipinski definition) is 0. The Bertz CT molecular complexity index is 891. The molecule has 3 heterocycles. The van der Waals surface area contributed by atoms with Crippen molar-refractivity contribution in [3.8, 4) is 11.3 Å². The zero-order valence-electron chi connectivity index (χ0n) is 15.7. The maximum Gasteiger partial charge on any atom is 0.259 e. The molecule has 1 aromatic carbocycles. The summed E-state index contributed by atoms with van der Waals surface area (Å²) in [5.74, 6) is 3.35. The van der Waals surface area contributed by atoms with Gasteiger partial charge >= 0.3 is 0 Å². The van der Waals surface area contributed by atoms with Gasteiger partial charge in [0.15, 0.2) is 0 Å². The summed E-state index contributed by atoms with van der Waals surface area (Å²) >= 11 is 10.0. The molecule has 1 aromatic heterocycles. The highest BCUT2D eigenvalue weighted by molar-refractivity contribution is 8.39. The Kier molecular flexibility index (Phi) is 6.33. The lowest BCUT2D eigenvalue weighted by Gasteiger charge is -2.31. The summed E-state index contributed by atoms with van der Waals surface area (Å²) in [6, 6.07) is 7.41. The maximum absolute atomic E-state index is 13.2. The number of aliphatic imine (C=N–C) groups is 1. The number of amides is 1. The van der Waals surface area contributed by atoms with Crippen LogP contribution in [0.2, 0.25) is 5.02 Å². The highest BCUT2D eigenvalue weighted by Crippen LogP contribution is 2.33. The summed E-state index contributed by atoms with van der Waals surface area (Å²) in [6.45, 7) is 4.25. The number of aromatic nitrogens is 1. The van der Waals surface area contributed by atoms with Crippen molar-refractivity contribution in [2.24, 2.45) is 10.9 Å². The van der Waals surface area contributed by atoms with Crippen LogP contribution in [0, 0.1) is 12.8 Å². The van der Waals surface area contributed by atoms with E-state index in [9.17, 15) is 4.79 Å². The first-order valence-electron chi connectivity index (χ1n) is 9.44. The standard InChI is InChI=1S/C20H22ClN3O2S2/c1-13-17(18(23-26-13)15-4-2-3-5-16(15)21)19(25)24-9-6-14(7-10-24)12-28-20-22-8-11-27-20/h2-5,14H,6-12H2,1H3. The van der Waals surface area contributed by atoms with Gasteiger partial charge in [-0.25, -0.2) is 0 Å². The van der Waals surface area contributed by atoms with Crippen molar-refractivity contribution in [2.75, 3.05) is 31.1 Å². The summed E-state index contributed by atoms with van der Waals surface area (Å²) < 4.78 is 6.58. The molecule has 0 radical (unpaired) electrons. The van der Waals surface area contributed by atoms with Gasteiger partial charge in [-0.2, -0.15) is 0 Å². The van der Waals surface area contributed by atoms with Crippen LogP contribution in [-0.2, 0) is 0 Å². The lowest BCUT2D eigenvalue weighted by molar-refractivity contribution is 0.0697. The van der Waals surface area contributed by atoms with Crippen molar-refractivity contribution < 1.29 is 9.32 Å². The fourth-order valence-corrected chi connectivity index (χ4v) is 5.96. The minimum absolute atomic E-state index is 0.0181. The van der Waals surface area contributed by atoms with Gasteiger partial charge in [-0.3, -0.25) is 9.79 Å². The number of aryl methyl sites for hydroxylation is 1. The highest BCUT2D eigenvalue weighted by atomic mass is 35.5. The van der Waals surface area contributed by atoms with Crippen LogP contribution >= 0.6 is 35.1 Å². The smallest absolute Gasteiger partial charge is 0.259 e. The summed E-state index contributed by atoms with van der Waals surface area (Å²) in [4.78, 5) is 19.6. The van der Waals surface area contributed by atoms with Crippen LogP contribution in [-0.4, -0.2) is 51.5 Å². The van der Waals surface area contributed by atoms with Crippen molar-refractivity contribution in [3.63, 3.8) is 0 Å². The van der Waals surface area contributed by atoms with Gasteiger partial charge in [-0.05, 0) is 31.7 Å². The summed E-state index contributed by atoms with van der Waals surface area (Å²) in [7, 11) is 0. The second-order valence-electron chi connectivity index (χ2n) is 6.98. The fraction of sp³-hybridized carbons (Fsp3) is 0.450. The molecule has 0 bridgehead atoms. The predicted molar refractivity (Wildman–Crippen MR) is 118 cm³/mol. The van der Waals surface area contributed by atoms with Crippen molar-refractivity contribution >= 4 is 45.4 Å². The zero-order valence-corrected chi connectivity index (χ0v) is 18.1. The molecule has 8 heteroatoms. The largest absolute Gasteiger partial charge is 0.360 e. The van der Waals surface area contributed by atoms with Gasteiger partial charge in [0.2, 0.25) is 0 Å². The van der Waals surface area contributed by atoms with Gasteiger partial charge in [-0.15, -0.1) is 0 Å². The highest BCUT2D eigenvalue weighted by Gasteiger charge is 2.30. The number of rotatable bonds is 4. The SMILES string of the molecule is Cc1onc(-c2ccccc2Cl)c1C(=O)N1CCC(CSC2=NCCS2)CC1. The van der Waals surface area contributed by atoms with Gasteiger partial charge < -0.3 is 9.42 Å². The van der Waals surface area contributed by atoms with Crippen LogP contribution in [0.3, 0.4) is 0 Å². The first kappa shape index (κ1) is 19.9. The molecule has 1 saturated heterocycles. The molecule has 4 rings (SSSR count). The molecule has 0 saturated carbocycles. The van der Waals surface area contributed by atoms with Crippen LogP contribution in [0.4, 0.5) is 0 Å². The second kappa shape index (κ2) is 8.93. The van der Waals surface area contributed by atoms with Crippen LogP contribution in [0.15, 0.2) is 33.8 Å². The maximum atomic E-state index is 13.2. The average Bonchev–Trinajstić information content (AvgIpc) is 3.36. The van der Waals surface area contributed by atoms with Gasteiger partial charge in [0, 0.05) is 30.2 Å². The van der Waals surface area contributed by atoms with Crippen molar-refractivity contribution in [3.05, 3.63) is 40.6 Å². The van der Waals surface area contributed by atoms with Gasteiger partial charge in [0.05, 0.1) is 11.6 Å². The molecule has 2 aliphatic rings. The molecule has 0 N–H and O–H groups in total. The Morgan fingerprint density at radius 1 is 1.36 bits per heavy atom. The van der Waals surface area contributed by atoms with Crippen molar-refractivity contribution in [1.82, 2.24) is 10.1 Å². The fourth-order valence-electron chi connectivity index (χ4n) is 3.51. The number of benzene rings is 1. The number of nitrogens with zero attached hydrogens (tertiary/aromatic N) is 3. The molecule has 0 atom stereocenters. The number of halogens is 1. The Morgan fingerprint density at radius 3 is 2.86 bits per heavy atom. The number of piperidine rings is 1. The van der Waals surface area contributed by atoms with E-state index in [-0.39, 0.29) is 5.91 Å². The summed E-state index contributed by atoms with van der Waals surface area (Å²) in [6.07, 6.45) is 2.03. The Morgan fingerprint density at radius 2 is 2.14 bits per heavy atom. The summed E-state index contributed by atoms with van der Waals surface area (Å²) in [5, 5.41) is 4.69. The molecule has 0 unspecified atom stereocenters. The molecular formula is C20H22ClN3O2S2. The number of carbonyl (C=O) groups excluding carboxylic acids is 1. The van der Waals surface area contributed by atoms with E-state index in [0.29, 0.717) is 28.0 Å². The normalized spacial score (nSPS) is 17.8. The lowest BCUT2D eigenvalue weighted by atomic mass is 9.97. The first-order chi connectivity index (χ1) is 13.6. The number of hydrogen-bond acceptors (Lipinski definition) is 6. The monoisotopic (exact) mass is 435 g/mol. The van der Waals surface area contributed by atoms with E-state index >= 15 is 0 Å². The first-order valence-corrected chi connectivity index (χ1v) is 11.8.